The summed E-state index contributed by atoms with van der Waals surface area (Å²) < 4.78 is 1.95. The fourth-order valence-corrected chi connectivity index (χ4v) is 3.81. The largest absolute Gasteiger partial charge is 0.431 e. The van der Waals surface area contributed by atoms with Gasteiger partial charge in [0.15, 0.2) is 0 Å². The maximum atomic E-state index is 6.54. The van der Waals surface area contributed by atoms with E-state index >= 15 is 0 Å². The van der Waals surface area contributed by atoms with Crippen LogP contribution in [0.3, 0.4) is 0 Å². The number of rotatable bonds is 7. The van der Waals surface area contributed by atoms with Crippen LogP contribution in [0.15, 0.2) is 73.1 Å². The smallest absolute Gasteiger partial charge is 0.239 e. The number of halogens is 2. The number of hydrazine groups is 1. The number of nitrogens with two attached hydrogens (primary N) is 2. The Morgan fingerprint density at radius 1 is 1.15 bits per heavy atom. The van der Waals surface area contributed by atoms with Gasteiger partial charge in [-0.25, -0.2) is 10.8 Å². The molecule has 6 nitrogen and oxygen atoms in total. The average molecular weight is 648 g/mol. The first-order valence-corrected chi connectivity index (χ1v) is 10.8. The third-order valence-corrected chi connectivity index (χ3v) is 5.50. The summed E-state index contributed by atoms with van der Waals surface area (Å²) in [7, 11) is 1.83. The van der Waals surface area contributed by atoms with E-state index in [4.69, 9.17) is 39.8 Å². The van der Waals surface area contributed by atoms with Crippen LogP contribution in [0.2, 0.25) is 16.9 Å². The van der Waals surface area contributed by atoms with E-state index in [0.717, 1.165) is 33.8 Å². The SMILES string of the molecule is C[B]Nc1cc(CN(N)/C=C(\N)c2c(-c3ccc(Cl)cc3)nc3ccccn23)ccc1Cl.[W]. The first-order valence-electron chi connectivity index (χ1n) is 10.0. The normalized spacial score (nSPS) is 11.2. The molecule has 2 aromatic carbocycles. The molecule has 0 aliphatic rings. The molecule has 0 spiro atoms. The van der Waals surface area contributed by atoms with Crippen LogP contribution in [0.5, 0.6) is 0 Å². The summed E-state index contributed by atoms with van der Waals surface area (Å²) in [4.78, 5) is 4.78. The Morgan fingerprint density at radius 2 is 1.91 bits per heavy atom. The second kappa shape index (κ2) is 11.1. The van der Waals surface area contributed by atoms with Crippen molar-refractivity contribution >= 4 is 47.6 Å². The minimum absolute atomic E-state index is 0. The second-order valence-corrected chi connectivity index (χ2v) is 8.09. The van der Waals surface area contributed by atoms with Gasteiger partial charge in [-0.1, -0.05) is 54.3 Å². The van der Waals surface area contributed by atoms with E-state index in [0.29, 0.717) is 22.3 Å². The van der Waals surface area contributed by atoms with E-state index in [1.54, 1.807) is 11.2 Å². The molecule has 4 rings (SSSR count). The van der Waals surface area contributed by atoms with Crippen LogP contribution in [0.25, 0.3) is 22.6 Å². The van der Waals surface area contributed by atoms with Gasteiger partial charge < -0.3 is 16.0 Å². The third kappa shape index (κ3) is 5.74. The molecule has 167 valence electrons. The van der Waals surface area contributed by atoms with Crippen LogP contribution >= 0.6 is 23.2 Å². The molecule has 0 aliphatic carbocycles. The van der Waals surface area contributed by atoms with Crippen molar-refractivity contribution in [1.29, 1.82) is 0 Å². The number of nitrogens with zero attached hydrogens (tertiary/aromatic N) is 3. The first kappa shape index (κ1) is 25.2. The summed E-state index contributed by atoms with van der Waals surface area (Å²) >= 11 is 12.3. The van der Waals surface area contributed by atoms with E-state index < -0.39 is 0 Å². The Labute approximate surface area is 218 Å². The fourth-order valence-electron chi connectivity index (χ4n) is 3.51. The number of fused-ring (bicyclic) bond motifs is 1. The van der Waals surface area contributed by atoms with Crippen LogP contribution in [0.1, 0.15) is 11.3 Å². The summed E-state index contributed by atoms with van der Waals surface area (Å²) in [6.07, 6.45) is 3.64. The van der Waals surface area contributed by atoms with Crippen molar-refractivity contribution in [2.75, 3.05) is 5.23 Å². The summed E-state index contributed by atoms with van der Waals surface area (Å²) in [5, 5.41) is 5.98. The molecular weight excluding hydrogens is 626 g/mol. The van der Waals surface area contributed by atoms with E-state index in [1.165, 1.54) is 0 Å². The molecule has 33 heavy (non-hydrogen) atoms. The molecule has 0 fully saturated rings. The predicted molar refractivity (Wildman–Crippen MR) is 134 cm³/mol. The number of hydrogen-bond acceptors (Lipinski definition) is 5. The monoisotopic (exact) mass is 647 g/mol. The molecule has 2 aromatic heterocycles. The number of benzene rings is 2. The van der Waals surface area contributed by atoms with Gasteiger partial charge in [0.1, 0.15) is 5.65 Å². The third-order valence-electron chi connectivity index (χ3n) is 4.92. The molecule has 5 N–H and O–H groups in total. The standard InChI is InChI=1S/C23H22BCl2N6.W/c1-24-30-20-12-15(5-10-18(20)26)13-31(28)14-19(27)23-22(16-6-8-17(25)9-7-16)29-21-4-2-3-11-32(21)23;/h2-12,14,30H,13,27-28H2,1H3;/b19-14-;. The van der Waals surface area contributed by atoms with Crippen LogP contribution in [0, 0.1) is 0 Å². The van der Waals surface area contributed by atoms with Crippen LogP contribution in [0.4, 0.5) is 5.69 Å². The minimum atomic E-state index is 0. The fraction of sp³-hybridized carbons (Fsp3) is 0.0870. The summed E-state index contributed by atoms with van der Waals surface area (Å²) in [5.74, 6) is 6.30. The molecule has 4 aromatic rings. The summed E-state index contributed by atoms with van der Waals surface area (Å²) in [5.41, 5.74) is 12.1. The Morgan fingerprint density at radius 3 is 2.64 bits per heavy atom. The number of anilines is 1. The van der Waals surface area contributed by atoms with E-state index in [9.17, 15) is 0 Å². The van der Waals surface area contributed by atoms with Crippen molar-refractivity contribution in [2.45, 2.75) is 13.4 Å². The van der Waals surface area contributed by atoms with Crippen molar-refractivity contribution in [3.05, 3.63) is 94.4 Å². The van der Waals surface area contributed by atoms with Gasteiger partial charge in [-0.3, -0.25) is 4.40 Å². The number of imidazole rings is 1. The molecule has 0 saturated heterocycles. The van der Waals surface area contributed by atoms with Crippen molar-refractivity contribution < 1.29 is 21.1 Å². The maximum absolute atomic E-state index is 6.54. The van der Waals surface area contributed by atoms with Gasteiger partial charge in [-0.2, -0.15) is 0 Å². The molecule has 0 saturated carbocycles. The van der Waals surface area contributed by atoms with Crippen LogP contribution in [-0.4, -0.2) is 21.8 Å². The molecule has 0 atom stereocenters. The molecule has 0 unspecified atom stereocenters. The van der Waals surface area contributed by atoms with Crippen molar-refractivity contribution in [1.82, 2.24) is 14.4 Å². The number of hydrogen-bond donors (Lipinski definition) is 3. The van der Waals surface area contributed by atoms with Crippen LogP contribution < -0.4 is 16.8 Å². The second-order valence-electron chi connectivity index (χ2n) is 7.25. The van der Waals surface area contributed by atoms with Crippen molar-refractivity contribution in [3.8, 4) is 11.3 Å². The Kier molecular flexibility index (Phi) is 8.49. The van der Waals surface area contributed by atoms with Gasteiger partial charge in [0.2, 0.25) is 7.41 Å². The number of aromatic nitrogens is 2. The van der Waals surface area contributed by atoms with Gasteiger partial charge in [-0.15, -0.1) is 0 Å². The zero-order valence-electron chi connectivity index (χ0n) is 17.9. The van der Waals surface area contributed by atoms with Gasteiger partial charge >= 0.3 is 0 Å². The molecule has 2 heterocycles. The number of pyridine rings is 1. The zero-order valence-corrected chi connectivity index (χ0v) is 22.3. The maximum Gasteiger partial charge on any atom is 0.239 e. The molecular formula is C23H22BCl2N6W. The summed E-state index contributed by atoms with van der Waals surface area (Å²) in [6.45, 7) is 2.35. The van der Waals surface area contributed by atoms with Gasteiger partial charge in [-0.05, 0) is 42.0 Å². The summed E-state index contributed by atoms with van der Waals surface area (Å²) in [6, 6.07) is 19.1. The molecule has 0 bridgehead atoms. The average Bonchev–Trinajstić information content (AvgIpc) is 3.16. The topological polar surface area (TPSA) is 84.6 Å². The van der Waals surface area contributed by atoms with Gasteiger partial charge in [0, 0.05) is 49.7 Å². The first-order chi connectivity index (χ1) is 15.5. The molecule has 0 amide bonds. The molecule has 0 aliphatic heterocycles. The van der Waals surface area contributed by atoms with Crippen molar-refractivity contribution in [3.63, 3.8) is 0 Å². The number of nitrogens with one attached hydrogen (secondary N) is 1. The van der Waals surface area contributed by atoms with E-state index in [-0.39, 0.29) is 21.1 Å². The zero-order chi connectivity index (χ0) is 22.7. The minimum Gasteiger partial charge on any atom is -0.431 e. The van der Waals surface area contributed by atoms with Crippen molar-refractivity contribution in [2.24, 2.45) is 11.6 Å². The Balaban J connectivity index is 0.00000306. The van der Waals surface area contributed by atoms with E-state index in [2.05, 4.69) is 5.23 Å². The van der Waals surface area contributed by atoms with Gasteiger partial charge in [0.25, 0.3) is 0 Å². The van der Waals surface area contributed by atoms with E-state index in [1.807, 2.05) is 85.5 Å². The molecule has 10 heteroatoms. The van der Waals surface area contributed by atoms with Gasteiger partial charge in [0.05, 0.1) is 28.7 Å². The Hall–Kier alpha value is -2.44. The van der Waals surface area contributed by atoms with Crippen LogP contribution in [-0.2, 0) is 27.6 Å². The quantitative estimate of drug-likeness (QED) is 0.149. The Bertz CT molecular complexity index is 1280. The predicted octanol–water partition coefficient (Wildman–Crippen LogP) is 5.02. The molecule has 1 radical (unpaired) electrons.